The minimum absolute atomic E-state index is 0.420. The Morgan fingerprint density at radius 3 is 2.65 bits per heavy atom. The van der Waals surface area contributed by atoms with Crippen molar-refractivity contribution in [2.45, 2.75) is 6.54 Å². The number of nitrogens with zero attached hydrogens (tertiary/aromatic N) is 1. The maximum Gasteiger partial charge on any atom is 0.193 e. The van der Waals surface area contributed by atoms with Gasteiger partial charge in [0.25, 0.3) is 0 Å². The normalized spacial score (nSPS) is 15.3. The summed E-state index contributed by atoms with van der Waals surface area (Å²) in [7, 11) is 0. The highest BCUT2D eigenvalue weighted by Crippen LogP contribution is 2.27. The van der Waals surface area contributed by atoms with Crippen LogP contribution in [0.15, 0.2) is 40.8 Å². The van der Waals surface area contributed by atoms with E-state index in [1.807, 2.05) is 12.1 Å². The molecule has 1 aliphatic rings. The molecule has 5 heteroatoms. The Balaban J connectivity index is 1.72. The van der Waals surface area contributed by atoms with Crippen molar-refractivity contribution in [3.05, 3.63) is 47.4 Å². The number of benzene rings is 1. The molecule has 1 fully saturated rings. The number of furan rings is 1. The second-order valence-electron chi connectivity index (χ2n) is 4.68. The van der Waals surface area contributed by atoms with Crippen molar-refractivity contribution in [2.24, 2.45) is 0 Å². The summed E-state index contributed by atoms with van der Waals surface area (Å²) >= 11 is 5.78. The Kier molecular flexibility index (Phi) is 4.14. The molecule has 1 aromatic heterocycles. The Morgan fingerprint density at radius 2 is 1.90 bits per heavy atom. The fourth-order valence-corrected chi connectivity index (χ4v) is 2.49. The minimum Gasteiger partial charge on any atom is -0.448 e. The summed E-state index contributed by atoms with van der Waals surface area (Å²) in [5.74, 6) is 0.826. The molecule has 106 valence electrons. The molecule has 0 bridgehead atoms. The number of morpholine rings is 1. The molecular formula is C15H17ClN2O2. The van der Waals surface area contributed by atoms with Gasteiger partial charge in [0.05, 0.1) is 31.1 Å². The van der Waals surface area contributed by atoms with Crippen LogP contribution in [0.4, 0.5) is 11.4 Å². The van der Waals surface area contributed by atoms with Gasteiger partial charge in [0.2, 0.25) is 0 Å². The van der Waals surface area contributed by atoms with Crippen LogP contribution in [-0.2, 0) is 11.3 Å². The summed E-state index contributed by atoms with van der Waals surface area (Å²) in [5, 5.41) is 3.82. The van der Waals surface area contributed by atoms with Crippen molar-refractivity contribution >= 4 is 23.0 Å². The first-order valence-electron chi connectivity index (χ1n) is 6.73. The number of rotatable bonds is 4. The summed E-state index contributed by atoms with van der Waals surface area (Å²) < 4.78 is 10.8. The molecule has 1 aromatic carbocycles. The van der Waals surface area contributed by atoms with E-state index in [9.17, 15) is 0 Å². The highest BCUT2D eigenvalue weighted by atomic mass is 35.5. The highest BCUT2D eigenvalue weighted by Gasteiger charge is 2.14. The van der Waals surface area contributed by atoms with Crippen LogP contribution < -0.4 is 10.2 Å². The molecule has 2 heterocycles. The summed E-state index contributed by atoms with van der Waals surface area (Å²) in [4.78, 5) is 2.33. The first-order chi connectivity index (χ1) is 9.83. The van der Waals surface area contributed by atoms with Gasteiger partial charge < -0.3 is 19.4 Å². The summed E-state index contributed by atoms with van der Waals surface area (Å²) in [5.41, 5.74) is 2.30. The van der Waals surface area contributed by atoms with Gasteiger partial charge in [-0.25, -0.2) is 0 Å². The van der Waals surface area contributed by atoms with Crippen molar-refractivity contribution in [2.75, 3.05) is 36.5 Å². The van der Waals surface area contributed by atoms with Gasteiger partial charge in [-0.1, -0.05) is 12.1 Å². The lowest BCUT2D eigenvalue weighted by molar-refractivity contribution is 0.123. The predicted octanol–water partition coefficient (Wildman–Crippen LogP) is 3.38. The van der Waals surface area contributed by atoms with Crippen LogP contribution in [0.25, 0.3) is 0 Å². The van der Waals surface area contributed by atoms with Crippen molar-refractivity contribution in [1.29, 1.82) is 0 Å². The van der Waals surface area contributed by atoms with Crippen LogP contribution in [0.1, 0.15) is 5.76 Å². The fourth-order valence-electron chi connectivity index (χ4n) is 2.33. The van der Waals surface area contributed by atoms with Gasteiger partial charge in [-0.05, 0) is 35.9 Å². The Bertz CT molecular complexity index is 565. The van der Waals surface area contributed by atoms with E-state index in [4.69, 9.17) is 20.8 Å². The van der Waals surface area contributed by atoms with E-state index in [2.05, 4.69) is 28.4 Å². The van der Waals surface area contributed by atoms with E-state index in [-0.39, 0.29) is 0 Å². The highest BCUT2D eigenvalue weighted by molar-refractivity contribution is 6.28. The molecule has 0 saturated carbocycles. The van der Waals surface area contributed by atoms with Crippen molar-refractivity contribution in [3.63, 3.8) is 0 Å². The van der Waals surface area contributed by atoms with Gasteiger partial charge in [0.1, 0.15) is 5.76 Å². The van der Waals surface area contributed by atoms with Crippen LogP contribution in [0.3, 0.4) is 0 Å². The van der Waals surface area contributed by atoms with Crippen molar-refractivity contribution in [1.82, 2.24) is 0 Å². The third-order valence-electron chi connectivity index (χ3n) is 3.34. The molecule has 0 aliphatic carbocycles. The van der Waals surface area contributed by atoms with Gasteiger partial charge in [0, 0.05) is 13.1 Å². The molecule has 0 radical (unpaired) electrons. The molecule has 0 spiro atoms. The van der Waals surface area contributed by atoms with E-state index in [1.165, 1.54) is 5.69 Å². The third kappa shape index (κ3) is 3.08. The quantitative estimate of drug-likeness (QED) is 0.937. The zero-order valence-corrected chi connectivity index (χ0v) is 11.9. The van der Waals surface area contributed by atoms with E-state index in [0.717, 1.165) is 37.8 Å². The minimum atomic E-state index is 0.420. The summed E-state index contributed by atoms with van der Waals surface area (Å²) in [6.07, 6.45) is 0. The number of nitrogens with one attached hydrogen (secondary N) is 1. The molecule has 0 unspecified atom stereocenters. The predicted molar refractivity (Wildman–Crippen MR) is 80.5 cm³/mol. The number of hydrogen-bond acceptors (Lipinski definition) is 4. The summed E-state index contributed by atoms with van der Waals surface area (Å²) in [6.45, 7) is 4.02. The van der Waals surface area contributed by atoms with E-state index in [0.29, 0.717) is 11.8 Å². The Morgan fingerprint density at radius 1 is 1.10 bits per heavy atom. The molecule has 2 aromatic rings. The molecule has 4 nitrogen and oxygen atoms in total. The van der Waals surface area contributed by atoms with Crippen molar-refractivity contribution < 1.29 is 9.15 Å². The lowest BCUT2D eigenvalue weighted by atomic mass is 10.2. The van der Waals surface area contributed by atoms with Gasteiger partial charge >= 0.3 is 0 Å². The zero-order valence-electron chi connectivity index (χ0n) is 11.1. The topological polar surface area (TPSA) is 37.6 Å². The van der Waals surface area contributed by atoms with Crippen LogP contribution in [-0.4, -0.2) is 26.3 Å². The number of ether oxygens (including phenoxy) is 1. The standard InChI is InChI=1S/C15H17ClN2O2/c16-15-6-5-12(20-15)11-17-13-3-1-2-4-14(13)18-7-9-19-10-8-18/h1-6,17H,7-11H2. The Labute approximate surface area is 123 Å². The van der Waals surface area contributed by atoms with Crippen LogP contribution in [0, 0.1) is 0 Å². The van der Waals surface area contributed by atoms with E-state index < -0.39 is 0 Å². The second-order valence-corrected chi connectivity index (χ2v) is 5.05. The second kappa shape index (κ2) is 6.20. The molecule has 3 rings (SSSR count). The van der Waals surface area contributed by atoms with Gasteiger partial charge in [-0.3, -0.25) is 0 Å². The molecule has 0 amide bonds. The van der Waals surface area contributed by atoms with Crippen LogP contribution >= 0.6 is 11.6 Å². The first kappa shape index (κ1) is 13.3. The van der Waals surface area contributed by atoms with E-state index in [1.54, 1.807) is 6.07 Å². The molecule has 1 aliphatic heterocycles. The molecule has 1 N–H and O–H groups in total. The van der Waals surface area contributed by atoms with E-state index >= 15 is 0 Å². The molecule has 20 heavy (non-hydrogen) atoms. The molecular weight excluding hydrogens is 276 g/mol. The fraction of sp³-hybridized carbons (Fsp3) is 0.333. The van der Waals surface area contributed by atoms with Gasteiger partial charge in [0.15, 0.2) is 5.22 Å². The average Bonchev–Trinajstić information content (AvgIpc) is 2.92. The van der Waals surface area contributed by atoms with Gasteiger partial charge in [-0.15, -0.1) is 0 Å². The van der Waals surface area contributed by atoms with Crippen LogP contribution in [0.5, 0.6) is 0 Å². The number of anilines is 2. The summed E-state index contributed by atoms with van der Waals surface area (Å²) in [6, 6.07) is 11.9. The van der Waals surface area contributed by atoms with Gasteiger partial charge in [-0.2, -0.15) is 0 Å². The maximum atomic E-state index is 5.78. The monoisotopic (exact) mass is 292 g/mol. The number of hydrogen-bond donors (Lipinski definition) is 1. The SMILES string of the molecule is Clc1ccc(CNc2ccccc2N2CCOCC2)o1. The Hall–Kier alpha value is -1.65. The number of halogens is 1. The smallest absolute Gasteiger partial charge is 0.193 e. The molecule has 1 saturated heterocycles. The number of para-hydroxylation sites is 2. The lowest BCUT2D eigenvalue weighted by Crippen LogP contribution is -2.36. The largest absolute Gasteiger partial charge is 0.448 e. The lowest BCUT2D eigenvalue weighted by Gasteiger charge is -2.30. The van der Waals surface area contributed by atoms with Crippen LogP contribution in [0.2, 0.25) is 5.22 Å². The molecule has 0 atom stereocenters. The first-order valence-corrected chi connectivity index (χ1v) is 7.10. The third-order valence-corrected chi connectivity index (χ3v) is 3.54. The maximum absolute atomic E-state index is 5.78. The van der Waals surface area contributed by atoms with Crippen molar-refractivity contribution in [3.8, 4) is 0 Å². The zero-order chi connectivity index (χ0) is 13.8. The average molecular weight is 293 g/mol.